The molecule has 0 atom stereocenters. The minimum Gasteiger partial charge on any atom is -0.376 e. The second-order valence-corrected chi connectivity index (χ2v) is 5.93. The van der Waals surface area contributed by atoms with Gasteiger partial charge in [-0.3, -0.25) is 4.79 Å². The fraction of sp³-hybridized carbons (Fsp3) is 0.125. The van der Waals surface area contributed by atoms with Crippen LogP contribution in [0.25, 0.3) is 0 Å². The predicted octanol–water partition coefficient (Wildman–Crippen LogP) is 4.33. The van der Waals surface area contributed by atoms with Gasteiger partial charge in [-0.1, -0.05) is 27.5 Å². The monoisotopic (exact) mass is 377 g/mol. The van der Waals surface area contributed by atoms with E-state index < -0.39 is 0 Å². The van der Waals surface area contributed by atoms with E-state index in [1.54, 1.807) is 18.2 Å². The van der Waals surface area contributed by atoms with Crippen molar-refractivity contribution < 1.29 is 4.79 Å². The predicted molar refractivity (Wildman–Crippen MR) is 92.2 cm³/mol. The lowest BCUT2D eigenvalue weighted by Gasteiger charge is -2.09. The van der Waals surface area contributed by atoms with Gasteiger partial charge in [-0.2, -0.15) is 5.26 Å². The molecule has 1 amide bonds. The summed E-state index contributed by atoms with van der Waals surface area (Å²) in [6.45, 7) is 2.12. The van der Waals surface area contributed by atoms with Gasteiger partial charge in [-0.15, -0.1) is 0 Å². The number of benzene rings is 2. The van der Waals surface area contributed by atoms with E-state index in [-0.39, 0.29) is 12.5 Å². The maximum Gasteiger partial charge on any atom is 0.243 e. The largest absolute Gasteiger partial charge is 0.376 e. The van der Waals surface area contributed by atoms with Gasteiger partial charge in [0.05, 0.1) is 17.1 Å². The number of carbonyl (C=O) groups excluding carboxylic acids is 1. The zero-order valence-corrected chi connectivity index (χ0v) is 14.1. The highest BCUT2D eigenvalue weighted by Crippen LogP contribution is 2.21. The molecule has 112 valence electrons. The van der Waals surface area contributed by atoms with Crippen molar-refractivity contribution >= 4 is 44.8 Å². The summed E-state index contributed by atoms with van der Waals surface area (Å²) in [7, 11) is 0. The van der Waals surface area contributed by atoms with Gasteiger partial charge in [0.1, 0.15) is 6.07 Å². The minimum absolute atomic E-state index is 0.138. The molecule has 0 aromatic heterocycles. The summed E-state index contributed by atoms with van der Waals surface area (Å²) < 4.78 is 1.02. The Morgan fingerprint density at radius 3 is 2.64 bits per heavy atom. The zero-order valence-electron chi connectivity index (χ0n) is 11.8. The van der Waals surface area contributed by atoms with Crippen LogP contribution in [0.15, 0.2) is 40.9 Å². The van der Waals surface area contributed by atoms with E-state index in [0.29, 0.717) is 16.3 Å². The van der Waals surface area contributed by atoms with E-state index in [9.17, 15) is 4.79 Å². The van der Waals surface area contributed by atoms with Crippen LogP contribution in [0.3, 0.4) is 0 Å². The molecule has 2 aromatic carbocycles. The molecule has 0 fully saturated rings. The van der Waals surface area contributed by atoms with E-state index in [1.807, 2.05) is 31.2 Å². The number of hydrogen-bond donors (Lipinski definition) is 2. The third-order valence-electron chi connectivity index (χ3n) is 2.98. The Bertz CT molecular complexity index is 756. The maximum absolute atomic E-state index is 11.9. The Morgan fingerprint density at radius 1 is 1.27 bits per heavy atom. The molecule has 0 aliphatic heterocycles. The summed E-state index contributed by atoms with van der Waals surface area (Å²) in [6, 6.07) is 12.5. The van der Waals surface area contributed by atoms with E-state index in [1.165, 1.54) is 0 Å². The van der Waals surface area contributed by atoms with Gasteiger partial charge in [-0.25, -0.2) is 0 Å². The van der Waals surface area contributed by atoms with E-state index >= 15 is 0 Å². The minimum atomic E-state index is -0.193. The highest BCUT2D eigenvalue weighted by Gasteiger charge is 2.06. The molecule has 0 radical (unpaired) electrons. The highest BCUT2D eigenvalue weighted by molar-refractivity contribution is 9.10. The molecule has 0 unspecified atom stereocenters. The smallest absolute Gasteiger partial charge is 0.243 e. The molecular formula is C16H13BrClN3O. The van der Waals surface area contributed by atoms with Crippen LogP contribution in [-0.2, 0) is 4.79 Å². The normalized spacial score (nSPS) is 9.91. The van der Waals surface area contributed by atoms with Crippen molar-refractivity contribution in [3.05, 3.63) is 57.0 Å². The van der Waals surface area contributed by atoms with Gasteiger partial charge in [0.2, 0.25) is 5.91 Å². The maximum atomic E-state index is 11.9. The molecule has 0 aliphatic rings. The Morgan fingerprint density at radius 2 is 2.00 bits per heavy atom. The van der Waals surface area contributed by atoms with Gasteiger partial charge >= 0.3 is 0 Å². The fourth-order valence-electron chi connectivity index (χ4n) is 1.83. The first kappa shape index (κ1) is 16.3. The quantitative estimate of drug-likeness (QED) is 0.832. The van der Waals surface area contributed by atoms with Crippen molar-refractivity contribution in [2.75, 3.05) is 17.2 Å². The van der Waals surface area contributed by atoms with Crippen LogP contribution in [0.2, 0.25) is 5.02 Å². The number of carbonyl (C=O) groups is 1. The van der Waals surface area contributed by atoms with Crippen molar-refractivity contribution in [1.82, 2.24) is 0 Å². The molecule has 0 saturated heterocycles. The van der Waals surface area contributed by atoms with Gasteiger partial charge in [0, 0.05) is 15.8 Å². The summed E-state index contributed by atoms with van der Waals surface area (Å²) in [5.41, 5.74) is 2.89. The lowest BCUT2D eigenvalue weighted by Crippen LogP contribution is -2.21. The van der Waals surface area contributed by atoms with Gasteiger partial charge < -0.3 is 10.6 Å². The molecular weight excluding hydrogens is 366 g/mol. The first-order valence-corrected chi connectivity index (χ1v) is 7.66. The number of hydrogen-bond acceptors (Lipinski definition) is 3. The van der Waals surface area contributed by atoms with Crippen LogP contribution < -0.4 is 10.6 Å². The van der Waals surface area contributed by atoms with Gasteiger partial charge in [-0.05, 0) is 48.9 Å². The summed E-state index contributed by atoms with van der Waals surface area (Å²) in [6.07, 6.45) is 0. The number of anilines is 2. The number of halogens is 2. The Labute approximate surface area is 142 Å². The van der Waals surface area contributed by atoms with Gasteiger partial charge in [0.25, 0.3) is 0 Å². The van der Waals surface area contributed by atoms with E-state index in [2.05, 4.69) is 26.6 Å². The standard InChI is InChI=1S/C16H13BrClN3O/c1-10-6-12(4-5-14(10)17)20-9-16(22)21-13-3-2-11(8-19)15(18)7-13/h2-7,20H,9H2,1H3,(H,21,22). The molecule has 0 spiro atoms. The van der Waals surface area contributed by atoms with E-state index in [0.717, 1.165) is 15.7 Å². The molecule has 0 bridgehead atoms. The van der Waals surface area contributed by atoms with Crippen LogP contribution in [0.1, 0.15) is 11.1 Å². The van der Waals surface area contributed by atoms with Crippen LogP contribution in [-0.4, -0.2) is 12.5 Å². The summed E-state index contributed by atoms with van der Waals surface area (Å²) in [5, 5.41) is 14.9. The van der Waals surface area contributed by atoms with Crippen LogP contribution in [0, 0.1) is 18.3 Å². The van der Waals surface area contributed by atoms with E-state index in [4.69, 9.17) is 16.9 Å². The van der Waals surface area contributed by atoms with Crippen molar-refractivity contribution in [2.24, 2.45) is 0 Å². The average molecular weight is 379 g/mol. The molecule has 0 saturated carbocycles. The molecule has 0 aliphatic carbocycles. The van der Waals surface area contributed by atoms with Crippen molar-refractivity contribution in [1.29, 1.82) is 5.26 Å². The summed E-state index contributed by atoms with van der Waals surface area (Å²) in [4.78, 5) is 11.9. The molecule has 2 N–H and O–H groups in total. The summed E-state index contributed by atoms with van der Waals surface area (Å²) in [5.74, 6) is -0.193. The molecule has 22 heavy (non-hydrogen) atoms. The first-order chi connectivity index (χ1) is 10.5. The lowest BCUT2D eigenvalue weighted by atomic mass is 10.2. The van der Waals surface area contributed by atoms with Crippen molar-refractivity contribution in [2.45, 2.75) is 6.92 Å². The SMILES string of the molecule is Cc1cc(NCC(=O)Nc2ccc(C#N)c(Cl)c2)ccc1Br. The number of aryl methyl sites for hydroxylation is 1. The molecule has 2 rings (SSSR count). The summed E-state index contributed by atoms with van der Waals surface area (Å²) >= 11 is 9.35. The zero-order chi connectivity index (χ0) is 16.1. The Hall–Kier alpha value is -2.03. The number of nitrogens with one attached hydrogen (secondary N) is 2. The number of amides is 1. The molecule has 0 heterocycles. The fourth-order valence-corrected chi connectivity index (χ4v) is 2.30. The topological polar surface area (TPSA) is 64.9 Å². The molecule has 4 nitrogen and oxygen atoms in total. The van der Waals surface area contributed by atoms with Gasteiger partial charge in [0.15, 0.2) is 0 Å². The highest BCUT2D eigenvalue weighted by atomic mass is 79.9. The van der Waals surface area contributed by atoms with Crippen LogP contribution in [0.5, 0.6) is 0 Å². The average Bonchev–Trinajstić information content (AvgIpc) is 2.49. The third-order valence-corrected chi connectivity index (χ3v) is 4.19. The number of rotatable bonds is 4. The third kappa shape index (κ3) is 4.23. The van der Waals surface area contributed by atoms with Crippen LogP contribution in [0.4, 0.5) is 11.4 Å². The number of nitrogens with zero attached hydrogens (tertiary/aromatic N) is 1. The number of nitriles is 1. The Balaban J connectivity index is 1.94. The second-order valence-electron chi connectivity index (χ2n) is 4.67. The Kier molecular flexibility index (Phi) is 5.42. The molecule has 6 heteroatoms. The van der Waals surface area contributed by atoms with Crippen LogP contribution >= 0.6 is 27.5 Å². The lowest BCUT2D eigenvalue weighted by molar-refractivity contribution is -0.114. The van der Waals surface area contributed by atoms with Crippen molar-refractivity contribution in [3.63, 3.8) is 0 Å². The first-order valence-electron chi connectivity index (χ1n) is 6.49. The van der Waals surface area contributed by atoms with Crippen molar-refractivity contribution in [3.8, 4) is 6.07 Å². The second kappa shape index (κ2) is 7.30. The molecule has 2 aromatic rings.